The molecule has 5 nitrogen and oxygen atoms in total. The fraction of sp³-hybridized carbons (Fsp3) is 0.261. The molecule has 0 fully saturated rings. The topological polar surface area (TPSA) is 66.9 Å². The first-order chi connectivity index (χ1) is 13.5. The van der Waals surface area contributed by atoms with Crippen molar-refractivity contribution in [3.05, 3.63) is 77.5 Å². The van der Waals surface area contributed by atoms with Gasteiger partial charge in [0.15, 0.2) is 5.82 Å². The van der Waals surface area contributed by atoms with Crippen LogP contribution in [0.1, 0.15) is 41.9 Å². The van der Waals surface area contributed by atoms with Crippen molar-refractivity contribution >= 4 is 11.7 Å². The average Bonchev–Trinajstić information content (AvgIpc) is 2.72. The molecule has 0 bridgehead atoms. The van der Waals surface area contributed by atoms with Gasteiger partial charge in [0.1, 0.15) is 11.5 Å². The predicted octanol–water partition coefficient (Wildman–Crippen LogP) is 4.59. The van der Waals surface area contributed by atoms with Crippen molar-refractivity contribution in [1.82, 2.24) is 15.3 Å². The molecule has 0 aliphatic rings. The number of nitrogens with one attached hydrogen (secondary N) is 2. The van der Waals surface area contributed by atoms with Crippen LogP contribution in [0.2, 0.25) is 0 Å². The summed E-state index contributed by atoms with van der Waals surface area (Å²) in [4.78, 5) is 21.9. The first kappa shape index (κ1) is 19.5. The van der Waals surface area contributed by atoms with Crippen LogP contribution in [0.4, 0.5) is 5.82 Å². The molecule has 0 aliphatic carbocycles. The molecule has 0 radical (unpaired) electrons. The number of carbonyl (C=O) groups excluding carboxylic acids is 1. The van der Waals surface area contributed by atoms with Gasteiger partial charge in [0, 0.05) is 24.2 Å². The molecule has 2 N–H and O–H groups in total. The summed E-state index contributed by atoms with van der Waals surface area (Å²) in [5.74, 6) is 0.979. The summed E-state index contributed by atoms with van der Waals surface area (Å²) in [5.41, 5.74) is 3.46. The van der Waals surface area contributed by atoms with Crippen molar-refractivity contribution in [2.45, 2.75) is 39.8 Å². The SMILES string of the molecule is CCC(C)Nc1cc(C(=O)NCc2cccc(C)c2)nc(-c2ccccc2)n1. The molecule has 3 aromatic rings. The summed E-state index contributed by atoms with van der Waals surface area (Å²) >= 11 is 0. The number of benzene rings is 2. The average molecular weight is 374 g/mol. The molecule has 0 saturated heterocycles. The number of hydrogen-bond donors (Lipinski definition) is 2. The van der Waals surface area contributed by atoms with Crippen LogP contribution in [0, 0.1) is 6.92 Å². The van der Waals surface area contributed by atoms with Crippen molar-refractivity contribution in [2.24, 2.45) is 0 Å². The van der Waals surface area contributed by atoms with Gasteiger partial charge in [-0.05, 0) is 25.8 Å². The van der Waals surface area contributed by atoms with E-state index < -0.39 is 0 Å². The van der Waals surface area contributed by atoms with E-state index >= 15 is 0 Å². The molecule has 0 spiro atoms. The fourth-order valence-corrected chi connectivity index (χ4v) is 2.80. The second kappa shape index (κ2) is 9.13. The number of hydrogen-bond acceptors (Lipinski definition) is 4. The van der Waals surface area contributed by atoms with E-state index in [9.17, 15) is 4.79 Å². The first-order valence-corrected chi connectivity index (χ1v) is 9.60. The minimum Gasteiger partial charge on any atom is -0.367 e. The van der Waals surface area contributed by atoms with E-state index in [-0.39, 0.29) is 11.9 Å². The standard InChI is InChI=1S/C23H26N4O/c1-4-17(3)25-21-14-20(26-22(27-21)19-11-6-5-7-12-19)23(28)24-15-18-10-8-9-16(2)13-18/h5-14,17H,4,15H2,1-3H3,(H,24,28)(H,25,26,27). The minimum atomic E-state index is -0.215. The largest absolute Gasteiger partial charge is 0.367 e. The summed E-state index contributed by atoms with van der Waals surface area (Å²) < 4.78 is 0. The number of aryl methyl sites for hydroxylation is 1. The molecule has 28 heavy (non-hydrogen) atoms. The van der Waals surface area contributed by atoms with Crippen molar-refractivity contribution in [1.29, 1.82) is 0 Å². The zero-order chi connectivity index (χ0) is 19.9. The van der Waals surface area contributed by atoms with Crippen LogP contribution < -0.4 is 10.6 Å². The Morgan fingerprint density at radius 3 is 2.54 bits per heavy atom. The molecule has 1 unspecified atom stereocenters. The highest BCUT2D eigenvalue weighted by molar-refractivity contribution is 5.93. The number of amides is 1. The van der Waals surface area contributed by atoms with Gasteiger partial charge in [-0.2, -0.15) is 0 Å². The van der Waals surface area contributed by atoms with Crippen molar-refractivity contribution in [3.8, 4) is 11.4 Å². The van der Waals surface area contributed by atoms with E-state index in [2.05, 4.69) is 40.5 Å². The third-order valence-corrected chi connectivity index (χ3v) is 4.53. The van der Waals surface area contributed by atoms with Gasteiger partial charge in [0.05, 0.1) is 0 Å². The summed E-state index contributed by atoms with van der Waals surface area (Å²) in [6, 6.07) is 19.7. The Labute approximate surface area is 166 Å². The highest BCUT2D eigenvalue weighted by atomic mass is 16.1. The Bertz CT molecular complexity index is 940. The monoisotopic (exact) mass is 374 g/mol. The Morgan fingerprint density at radius 1 is 1.04 bits per heavy atom. The zero-order valence-corrected chi connectivity index (χ0v) is 16.6. The molecule has 0 saturated carbocycles. The summed E-state index contributed by atoms with van der Waals surface area (Å²) in [5, 5.41) is 6.31. The third-order valence-electron chi connectivity index (χ3n) is 4.53. The van der Waals surface area contributed by atoms with Crippen LogP contribution in [0.3, 0.4) is 0 Å². The van der Waals surface area contributed by atoms with Gasteiger partial charge in [-0.15, -0.1) is 0 Å². The Hall–Kier alpha value is -3.21. The maximum atomic E-state index is 12.8. The van der Waals surface area contributed by atoms with E-state index in [1.54, 1.807) is 6.07 Å². The lowest BCUT2D eigenvalue weighted by molar-refractivity contribution is 0.0946. The molecular weight excluding hydrogens is 348 g/mol. The van der Waals surface area contributed by atoms with Crippen molar-refractivity contribution in [2.75, 3.05) is 5.32 Å². The molecule has 1 amide bonds. The quantitative estimate of drug-likeness (QED) is 0.635. The third kappa shape index (κ3) is 5.16. The van der Waals surface area contributed by atoms with Crippen LogP contribution in [0.5, 0.6) is 0 Å². The highest BCUT2D eigenvalue weighted by Crippen LogP contribution is 2.19. The van der Waals surface area contributed by atoms with E-state index in [0.717, 1.165) is 17.5 Å². The maximum absolute atomic E-state index is 12.8. The van der Waals surface area contributed by atoms with Gasteiger partial charge in [-0.3, -0.25) is 4.79 Å². The Balaban J connectivity index is 1.85. The van der Waals surface area contributed by atoms with E-state index in [1.807, 2.05) is 55.5 Å². The summed E-state index contributed by atoms with van der Waals surface area (Å²) in [7, 11) is 0. The van der Waals surface area contributed by atoms with Gasteiger partial charge < -0.3 is 10.6 Å². The molecule has 144 valence electrons. The van der Waals surface area contributed by atoms with Gasteiger partial charge in [0.25, 0.3) is 5.91 Å². The zero-order valence-electron chi connectivity index (χ0n) is 16.6. The van der Waals surface area contributed by atoms with Crippen molar-refractivity contribution < 1.29 is 4.79 Å². The second-order valence-corrected chi connectivity index (χ2v) is 6.95. The lowest BCUT2D eigenvalue weighted by atomic mass is 10.1. The molecule has 3 rings (SSSR count). The molecule has 1 heterocycles. The highest BCUT2D eigenvalue weighted by Gasteiger charge is 2.14. The predicted molar refractivity (Wildman–Crippen MR) is 113 cm³/mol. The molecule has 1 atom stereocenters. The van der Waals surface area contributed by atoms with Crippen LogP contribution >= 0.6 is 0 Å². The number of anilines is 1. The lowest BCUT2D eigenvalue weighted by Crippen LogP contribution is -2.25. The molecule has 5 heteroatoms. The fourth-order valence-electron chi connectivity index (χ4n) is 2.80. The van der Waals surface area contributed by atoms with E-state index in [4.69, 9.17) is 0 Å². The van der Waals surface area contributed by atoms with Crippen LogP contribution in [-0.4, -0.2) is 21.9 Å². The lowest BCUT2D eigenvalue weighted by Gasteiger charge is -2.14. The van der Waals surface area contributed by atoms with Gasteiger partial charge in [-0.25, -0.2) is 9.97 Å². The van der Waals surface area contributed by atoms with Crippen LogP contribution in [0.15, 0.2) is 60.7 Å². The molecule has 2 aromatic carbocycles. The number of aromatic nitrogens is 2. The maximum Gasteiger partial charge on any atom is 0.270 e. The van der Waals surface area contributed by atoms with Crippen LogP contribution in [0.25, 0.3) is 11.4 Å². The van der Waals surface area contributed by atoms with Gasteiger partial charge >= 0.3 is 0 Å². The van der Waals surface area contributed by atoms with Crippen LogP contribution in [-0.2, 0) is 6.54 Å². The number of nitrogens with zero attached hydrogens (tertiary/aromatic N) is 2. The van der Waals surface area contributed by atoms with E-state index in [0.29, 0.717) is 23.9 Å². The van der Waals surface area contributed by atoms with Crippen molar-refractivity contribution in [3.63, 3.8) is 0 Å². The molecule has 0 aliphatic heterocycles. The smallest absolute Gasteiger partial charge is 0.270 e. The second-order valence-electron chi connectivity index (χ2n) is 6.95. The molecular formula is C23H26N4O. The Morgan fingerprint density at radius 2 is 1.82 bits per heavy atom. The van der Waals surface area contributed by atoms with Gasteiger partial charge in [-0.1, -0.05) is 67.1 Å². The summed E-state index contributed by atoms with van der Waals surface area (Å²) in [6.07, 6.45) is 0.958. The normalized spacial score (nSPS) is 11.7. The van der Waals surface area contributed by atoms with E-state index in [1.165, 1.54) is 5.56 Å². The number of carbonyl (C=O) groups is 1. The first-order valence-electron chi connectivity index (χ1n) is 9.60. The van der Waals surface area contributed by atoms with Gasteiger partial charge in [0.2, 0.25) is 0 Å². The molecule has 1 aromatic heterocycles. The number of rotatable bonds is 7. The Kier molecular flexibility index (Phi) is 6.37. The minimum absolute atomic E-state index is 0.215. The summed E-state index contributed by atoms with van der Waals surface area (Å²) in [6.45, 7) is 6.68.